The molecule has 0 spiro atoms. The molecule has 0 atom stereocenters. The third-order valence-corrected chi connectivity index (χ3v) is 3.11. The minimum absolute atomic E-state index is 0.776. The molecule has 0 amide bonds. The number of guanidine groups is 1. The summed E-state index contributed by atoms with van der Waals surface area (Å²) in [4.78, 5) is 4.35. The van der Waals surface area contributed by atoms with E-state index in [-0.39, 0.29) is 0 Å². The number of nitrogen functional groups attached to an aromatic ring is 1. The molecular weight excluding hydrogens is 236 g/mol. The van der Waals surface area contributed by atoms with Crippen LogP contribution in [0, 0.1) is 0 Å². The summed E-state index contributed by atoms with van der Waals surface area (Å²) in [5, 5.41) is 6.52. The van der Waals surface area contributed by atoms with E-state index in [2.05, 4.69) is 21.7 Å². The molecule has 0 unspecified atom stereocenters. The summed E-state index contributed by atoms with van der Waals surface area (Å²) in [6.07, 6.45) is 0. The van der Waals surface area contributed by atoms with Crippen molar-refractivity contribution in [2.45, 2.75) is 0 Å². The molecule has 4 nitrogen and oxygen atoms in total. The van der Waals surface area contributed by atoms with Crippen molar-refractivity contribution in [2.24, 2.45) is 4.99 Å². The van der Waals surface area contributed by atoms with Gasteiger partial charge in [-0.05, 0) is 12.1 Å². The summed E-state index contributed by atoms with van der Waals surface area (Å²) in [6.45, 7) is 1.70. The van der Waals surface area contributed by atoms with Crippen LogP contribution in [-0.2, 0) is 0 Å². The summed E-state index contributed by atoms with van der Waals surface area (Å²) in [5.41, 5.74) is 9.95. The first-order valence-corrected chi connectivity index (χ1v) is 6.34. The van der Waals surface area contributed by atoms with Crippen molar-refractivity contribution >= 4 is 17.3 Å². The number of nitrogens with two attached hydrogens (primary N) is 1. The Hall–Kier alpha value is -2.49. The van der Waals surface area contributed by atoms with E-state index in [1.165, 1.54) is 0 Å². The smallest absolute Gasteiger partial charge is 0.195 e. The van der Waals surface area contributed by atoms with E-state index in [4.69, 9.17) is 5.73 Å². The van der Waals surface area contributed by atoms with Gasteiger partial charge < -0.3 is 16.4 Å². The van der Waals surface area contributed by atoms with Crippen LogP contribution in [0.4, 0.5) is 11.4 Å². The summed E-state index contributed by atoms with van der Waals surface area (Å²) in [5.74, 6) is 0.821. The summed E-state index contributed by atoms with van der Waals surface area (Å²) in [7, 11) is 0. The number of para-hydroxylation sites is 2. The normalized spacial score (nSPS) is 13.8. The average Bonchev–Trinajstić information content (AvgIpc) is 2.93. The second kappa shape index (κ2) is 5.02. The Morgan fingerprint density at radius 3 is 2.47 bits per heavy atom. The highest BCUT2D eigenvalue weighted by Gasteiger charge is 2.10. The first-order chi connectivity index (χ1) is 9.34. The van der Waals surface area contributed by atoms with Crippen LogP contribution in [0.3, 0.4) is 0 Å². The van der Waals surface area contributed by atoms with Gasteiger partial charge in [0.05, 0.1) is 6.54 Å². The quantitative estimate of drug-likeness (QED) is 0.719. The number of nitrogens with zero attached hydrogens (tertiary/aromatic N) is 1. The Labute approximate surface area is 112 Å². The standard InChI is InChI=1S/C15H16N4/c16-13-7-3-1-5-11(13)12-6-2-4-8-14(12)19-15-17-9-10-18-15/h1-8H,9-10,16H2,(H2,17,18,19). The second-order valence-electron chi connectivity index (χ2n) is 4.41. The highest BCUT2D eigenvalue weighted by atomic mass is 15.2. The molecular formula is C15H16N4. The first-order valence-electron chi connectivity index (χ1n) is 6.34. The number of benzene rings is 2. The lowest BCUT2D eigenvalue weighted by atomic mass is 10.0. The fourth-order valence-electron chi connectivity index (χ4n) is 2.18. The molecule has 0 saturated heterocycles. The Morgan fingerprint density at radius 1 is 1.00 bits per heavy atom. The van der Waals surface area contributed by atoms with Crippen LogP contribution >= 0.6 is 0 Å². The molecule has 1 aliphatic heterocycles. The topological polar surface area (TPSA) is 62.4 Å². The lowest BCUT2D eigenvalue weighted by Gasteiger charge is -2.13. The maximum Gasteiger partial charge on any atom is 0.195 e. The van der Waals surface area contributed by atoms with E-state index in [9.17, 15) is 0 Å². The Morgan fingerprint density at radius 2 is 1.74 bits per heavy atom. The molecule has 4 N–H and O–H groups in total. The average molecular weight is 252 g/mol. The van der Waals surface area contributed by atoms with Crippen LogP contribution in [0.25, 0.3) is 11.1 Å². The van der Waals surface area contributed by atoms with Gasteiger partial charge in [-0.15, -0.1) is 0 Å². The summed E-state index contributed by atoms with van der Waals surface area (Å²) in [6, 6.07) is 16.0. The molecule has 4 heteroatoms. The number of aliphatic imine (C=N–C) groups is 1. The van der Waals surface area contributed by atoms with E-state index >= 15 is 0 Å². The lowest BCUT2D eigenvalue weighted by molar-refractivity contribution is 0.959. The van der Waals surface area contributed by atoms with E-state index in [0.717, 1.165) is 41.6 Å². The van der Waals surface area contributed by atoms with Crippen molar-refractivity contribution in [3.05, 3.63) is 48.5 Å². The van der Waals surface area contributed by atoms with Gasteiger partial charge in [-0.25, -0.2) is 0 Å². The molecule has 3 rings (SSSR count). The van der Waals surface area contributed by atoms with Crippen LogP contribution in [0.5, 0.6) is 0 Å². The van der Waals surface area contributed by atoms with Crippen LogP contribution in [0.2, 0.25) is 0 Å². The zero-order valence-corrected chi connectivity index (χ0v) is 10.6. The van der Waals surface area contributed by atoms with Gasteiger partial charge in [-0.3, -0.25) is 4.99 Å². The van der Waals surface area contributed by atoms with Crippen molar-refractivity contribution in [3.63, 3.8) is 0 Å². The molecule has 1 aliphatic rings. The third-order valence-electron chi connectivity index (χ3n) is 3.11. The SMILES string of the molecule is Nc1ccccc1-c1ccccc1NC1=NCCN1. The number of anilines is 2. The first kappa shape index (κ1) is 11.6. The molecule has 19 heavy (non-hydrogen) atoms. The van der Waals surface area contributed by atoms with Gasteiger partial charge in [-0.2, -0.15) is 0 Å². The minimum atomic E-state index is 0.776. The number of hydrogen-bond acceptors (Lipinski definition) is 4. The molecule has 0 aliphatic carbocycles. The molecule has 96 valence electrons. The van der Waals surface area contributed by atoms with Crippen LogP contribution in [0.1, 0.15) is 0 Å². The van der Waals surface area contributed by atoms with Gasteiger partial charge in [0, 0.05) is 29.0 Å². The van der Waals surface area contributed by atoms with Crippen LogP contribution < -0.4 is 16.4 Å². The second-order valence-corrected chi connectivity index (χ2v) is 4.41. The maximum atomic E-state index is 6.06. The summed E-state index contributed by atoms with van der Waals surface area (Å²) >= 11 is 0. The molecule has 0 bridgehead atoms. The van der Waals surface area contributed by atoms with Crippen molar-refractivity contribution in [1.82, 2.24) is 5.32 Å². The molecule has 0 saturated carbocycles. The van der Waals surface area contributed by atoms with E-state index in [1.54, 1.807) is 0 Å². The highest BCUT2D eigenvalue weighted by Crippen LogP contribution is 2.31. The number of rotatable bonds is 2. The van der Waals surface area contributed by atoms with Crippen molar-refractivity contribution < 1.29 is 0 Å². The maximum absolute atomic E-state index is 6.06. The monoisotopic (exact) mass is 252 g/mol. The molecule has 2 aromatic carbocycles. The van der Waals surface area contributed by atoms with Gasteiger partial charge >= 0.3 is 0 Å². The van der Waals surface area contributed by atoms with E-state index in [0.29, 0.717) is 0 Å². The van der Waals surface area contributed by atoms with Crippen molar-refractivity contribution in [3.8, 4) is 11.1 Å². The molecule has 1 heterocycles. The Balaban J connectivity index is 2.00. The van der Waals surface area contributed by atoms with Gasteiger partial charge in [-0.1, -0.05) is 36.4 Å². The third kappa shape index (κ3) is 2.38. The highest BCUT2D eigenvalue weighted by molar-refractivity contribution is 5.99. The van der Waals surface area contributed by atoms with Crippen LogP contribution in [-0.4, -0.2) is 19.0 Å². The minimum Gasteiger partial charge on any atom is -0.398 e. The van der Waals surface area contributed by atoms with Crippen molar-refractivity contribution in [2.75, 3.05) is 24.1 Å². The Kier molecular flexibility index (Phi) is 3.06. The Bertz CT molecular complexity index is 619. The fourth-order valence-corrected chi connectivity index (χ4v) is 2.18. The van der Waals surface area contributed by atoms with Gasteiger partial charge in [0.1, 0.15) is 0 Å². The number of hydrogen-bond donors (Lipinski definition) is 3. The van der Waals surface area contributed by atoms with Gasteiger partial charge in [0.2, 0.25) is 0 Å². The number of nitrogens with one attached hydrogen (secondary N) is 2. The van der Waals surface area contributed by atoms with Crippen LogP contribution in [0.15, 0.2) is 53.5 Å². The van der Waals surface area contributed by atoms with Crippen molar-refractivity contribution in [1.29, 1.82) is 0 Å². The summed E-state index contributed by atoms with van der Waals surface area (Å²) < 4.78 is 0. The molecule has 0 radical (unpaired) electrons. The molecule has 2 aromatic rings. The largest absolute Gasteiger partial charge is 0.398 e. The van der Waals surface area contributed by atoms with E-state index < -0.39 is 0 Å². The predicted octanol–water partition coefficient (Wildman–Crippen LogP) is 2.31. The lowest BCUT2D eigenvalue weighted by Crippen LogP contribution is -2.26. The van der Waals surface area contributed by atoms with E-state index in [1.807, 2.05) is 42.5 Å². The zero-order chi connectivity index (χ0) is 13.1. The fraction of sp³-hybridized carbons (Fsp3) is 0.133. The van der Waals surface area contributed by atoms with Gasteiger partial charge in [0.15, 0.2) is 5.96 Å². The predicted molar refractivity (Wildman–Crippen MR) is 80.2 cm³/mol. The molecule has 0 aromatic heterocycles. The zero-order valence-electron chi connectivity index (χ0n) is 10.6. The molecule has 0 fully saturated rings. The van der Waals surface area contributed by atoms with Gasteiger partial charge in [0.25, 0.3) is 0 Å².